The molecule has 3 heterocycles. The number of rotatable bonds is 6. The first-order valence-electron chi connectivity index (χ1n) is 11.0. The molecule has 10 heteroatoms. The summed E-state index contributed by atoms with van der Waals surface area (Å²) in [6, 6.07) is 13.0. The Bertz CT molecular complexity index is 1270. The average molecular weight is 461 g/mol. The van der Waals surface area contributed by atoms with E-state index in [0.29, 0.717) is 46.6 Å². The molecule has 3 aromatic rings. The summed E-state index contributed by atoms with van der Waals surface area (Å²) < 4.78 is 16.1. The Hall–Kier alpha value is -4.21. The van der Waals surface area contributed by atoms with Crippen LogP contribution in [0.3, 0.4) is 0 Å². The second-order valence-electron chi connectivity index (χ2n) is 8.31. The van der Waals surface area contributed by atoms with Gasteiger partial charge in [-0.3, -0.25) is 9.59 Å². The SMILES string of the molecule is CC(C)c1ccc(NC(=O)CN2N=C(c3nc(-c4ccc5c(c4)OCO5)no3)CCC2=O)cc1. The molecule has 2 aliphatic heterocycles. The number of carbonyl (C=O) groups excluding carboxylic acids is 2. The summed E-state index contributed by atoms with van der Waals surface area (Å²) >= 11 is 0. The van der Waals surface area contributed by atoms with E-state index in [4.69, 9.17) is 14.0 Å². The molecule has 5 rings (SSSR count). The van der Waals surface area contributed by atoms with E-state index in [9.17, 15) is 9.59 Å². The highest BCUT2D eigenvalue weighted by Gasteiger charge is 2.27. The summed E-state index contributed by atoms with van der Waals surface area (Å²) in [5, 5.41) is 12.3. The van der Waals surface area contributed by atoms with Crippen LogP contribution in [-0.4, -0.2) is 46.0 Å². The third-order valence-electron chi connectivity index (χ3n) is 5.56. The minimum absolute atomic E-state index is 0.174. The second-order valence-corrected chi connectivity index (χ2v) is 8.31. The standard InChI is InChI=1S/C24H23N5O5/c1-14(2)15-3-6-17(7-4-15)25-21(30)12-29-22(31)10-8-18(27-29)24-26-23(28-34-24)16-5-9-19-20(11-16)33-13-32-19/h3-7,9,11,14H,8,10,12-13H2,1-2H3,(H,25,30). The van der Waals surface area contributed by atoms with Crippen molar-refractivity contribution < 1.29 is 23.6 Å². The molecule has 2 amide bonds. The van der Waals surface area contributed by atoms with E-state index >= 15 is 0 Å². The highest BCUT2D eigenvalue weighted by Crippen LogP contribution is 2.35. The average Bonchev–Trinajstić information content (AvgIpc) is 3.50. The van der Waals surface area contributed by atoms with E-state index in [0.717, 1.165) is 5.01 Å². The molecule has 34 heavy (non-hydrogen) atoms. The number of ether oxygens (including phenoxy) is 2. The van der Waals surface area contributed by atoms with Gasteiger partial charge in [0.1, 0.15) is 12.3 Å². The summed E-state index contributed by atoms with van der Waals surface area (Å²) in [4.78, 5) is 29.3. The van der Waals surface area contributed by atoms with Gasteiger partial charge >= 0.3 is 0 Å². The van der Waals surface area contributed by atoms with Crippen LogP contribution in [0.25, 0.3) is 11.4 Å². The van der Waals surface area contributed by atoms with Crippen molar-refractivity contribution >= 4 is 23.2 Å². The lowest BCUT2D eigenvalue weighted by Crippen LogP contribution is -2.38. The van der Waals surface area contributed by atoms with E-state index in [1.165, 1.54) is 5.56 Å². The van der Waals surface area contributed by atoms with Crippen LogP contribution in [0.1, 0.15) is 44.1 Å². The number of fused-ring (bicyclic) bond motifs is 1. The Kier molecular flexibility index (Phi) is 5.70. The van der Waals surface area contributed by atoms with Gasteiger partial charge in [-0.15, -0.1) is 0 Å². The Morgan fingerprint density at radius 2 is 1.88 bits per heavy atom. The molecule has 0 fully saturated rings. The molecule has 0 bridgehead atoms. The maximum Gasteiger partial charge on any atom is 0.274 e. The summed E-state index contributed by atoms with van der Waals surface area (Å²) in [6.07, 6.45) is 0.535. The zero-order valence-electron chi connectivity index (χ0n) is 18.8. The van der Waals surface area contributed by atoms with Gasteiger partial charge in [-0.1, -0.05) is 31.1 Å². The first-order valence-corrected chi connectivity index (χ1v) is 11.0. The number of hydrogen-bond donors (Lipinski definition) is 1. The predicted molar refractivity (Wildman–Crippen MR) is 123 cm³/mol. The maximum atomic E-state index is 12.5. The Balaban J connectivity index is 1.28. The molecular formula is C24H23N5O5. The van der Waals surface area contributed by atoms with Crippen molar-refractivity contribution in [3.8, 4) is 22.9 Å². The number of carbonyl (C=O) groups is 2. The van der Waals surface area contributed by atoms with Crippen molar-refractivity contribution in [1.82, 2.24) is 15.1 Å². The highest BCUT2D eigenvalue weighted by atomic mass is 16.7. The van der Waals surface area contributed by atoms with Crippen molar-refractivity contribution in [2.45, 2.75) is 32.6 Å². The van der Waals surface area contributed by atoms with Crippen molar-refractivity contribution in [2.75, 3.05) is 18.7 Å². The van der Waals surface area contributed by atoms with E-state index < -0.39 is 0 Å². The number of hydrazone groups is 1. The lowest BCUT2D eigenvalue weighted by molar-refractivity contribution is -0.135. The number of nitrogens with one attached hydrogen (secondary N) is 1. The molecule has 0 radical (unpaired) electrons. The maximum absolute atomic E-state index is 12.5. The molecule has 10 nitrogen and oxygen atoms in total. The number of anilines is 1. The molecule has 0 unspecified atom stereocenters. The number of benzene rings is 2. The van der Waals surface area contributed by atoms with Crippen LogP contribution >= 0.6 is 0 Å². The molecule has 1 N–H and O–H groups in total. The second kappa shape index (κ2) is 8.97. The van der Waals surface area contributed by atoms with Gasteiger partial charge in [-0.05, 0) is 41.8 Å². The number of aromatic nitrogens is 2. The van der Waals surface area contributed by atoms with Crippen LogP contribution in [-0.2, 0) is 9.59 Å². The van der Waals surface area contributed by atoms with Crippen LogP contribution in [0.15, 0.2) is 52.1 Å². The number of nitrogens with zero attached hydrogens (tertiary/aromatic N) is 4. The van der Waals surface area contributed by atoms with Gasteiger partial charge in [0, 0.05) is 24.1 Å². The fourth-order valence-corrected chi connectivity index (χ4v) is 3.66. The van der Waals surface area contributed by atoms with Crippen molar-refractivity contribution in [2.24, 2.45) is 5.10 Å². The van der Waals surface area contributed by atoms with E-state index in [1.54, 1.807) is 18.2 Å². The molecular weight excluding hydrogens is 438 g/mol. The molecule has 0 saturated carbocycles. The van der Waals surface area contributed by atoms with Gasteiger partial charge in [0.05, 0.1) is 0 Å². The number of amides is 2. The van der Waals surface area contributed by atoms with Crippen LogP contribution in [0.4, 0.5) is 5.69 Å². The number of hydrogen-bond acceptors (Lipinski definition) is 8. The zero-order chi connectivity index (χ0) is 23.7. The van der Waals surface area contributed by atoms with Gasteiger partial charge in [0.25, 0.3) is 5.89 Å². The Labute approximate surface area is 195 Å². The van der Waals surface area contributed by atoms with E-state index in [-0.39, 0.29) is 37.5 Å². The molecule has 1 aromatic heterocycles. The Morgan fingerprint density at radius 1 is 1.09 bits per heavy atom. The molecule has 174 valence electrons. The third-order valence-corrected chi connectivity index (χ3v) is 5.56. The van der Waals surface area contributed by atoms with Gasteiger partial charge in [0.15, 0.2) is 11.5 Å². The highest BCUT2D eigenvalue weighted by molar-refractivity contribution is 6.02. The molecule has 0 aliphatic carbocycles. The van der Waals surface area contributed by atoms with E-state index in [2.05, 4.69) is 34.4 Å². The van der Waals surface area contributed by atoms with E-state index in [1.807, 2.05) is 24.3 Å². The summed E-state index contributed by atoms with van der Waals surface area (Å²) in [5.74, 6) is 1.65. The predicted octanol–water partition coefficient (Wildman–Crippen LogP) is 3.55. The minimum atomic E-state index is -0.345. The Morgan fingerprint density at radius 3 is 2.68 bits per heavy atom. The quantitative estimate of drug-likeness (QED) is 0.596. The van der Waals surface area contributed by atoms with Gasteiger partial charge in [-0.25, -0.2) is 5.01 Å². The fourth-order valence-electron chi connectivity index (χ4n) is 3.66. The van der Waals surface area contributed by atoms with Crippen molar-refractivity contribution in [3.63, 3.8) is 0 Å². The lowest BCUT2D eigenvalue weighted by Gasteiger charge is -2.21. The van der Waals surface area contributed by atoms with Gasteiger partial charge < -0.3 is 19.3 Å². The normalized spacial score (nSPS) is 15.0. The molecule has 0 atom stereocenters. The largest absolute Gasteiger partial charge is 0.454 e. The molecule has 0 saturated heterocycles. The van der Waals surface area contributed by atoms with Crippen LogP contribution in [0.5, 0.6) is 11.5 Å². The fraction of sp³-hybridized carbons (Fsp3) is 0.292. The monoisotopic (exact) mass is 461 g/mol. The first-order chi connectivity index (χ1) is 16.5. The molecule has 2 aliphatic rings. The topological polar surface area (TPSA) is 119 Å². The minimum Gasteiger partial charge on any atom is -0.454 e. The summed E-state index contributed by atoms with van der Waals surface area (Å²) in [6.45, 7) is 4.17. The molecule has 2 aromatic carbocycles. The third kappa shape index (κ3) is 4.47. The van der Waals surface area contributed by atoms with Crippen molar-refractivity contribution in [3.05, 3.63) is 53.9 Å². The summed E-state index contributed by atoms with van der Waals surface area (Å²) in [7, 11) is 0. The zero-order valence-corrected chi connectivity index (χ0v) is 18.8. The van der Waals surface area contributed by atoms with Crippen molar-refractivity contribution in [1.29, 1.82) is 0 Å². The van der Waals surface area contributed by atoms with Crippen LogP contribution < -0.4 is 14.8 Å². The van der Waals surface area contributed by atoms with Crippen LogP contribution in [0.2, 0.25) is 0 Å². The first kappa shape index (κ1) is 21.6. The van der Waals surface area contributed by atoms with Gasteiger partial charge in [-0.2, -0.15) is 10.1 Å². The smallest absolute Gasteiger partial charge is 0.274 e. The lowest BCUT2D eigenvalue weighted by atomic mass is 10.0. The molecule has 0 spiro atoms. The summed E-state index contributed by atoms with van der Waals surface area (Å²) in [5.41, 5.74) is 2.99. The van der Waals surface area contributed by atoms with Crippen LogP contribution in [0, 0.1) is 0 Å². The van der Waals surface area contributed by atoms with Gasteiger partial charge in [0.2, 0.25) is 24.4 Å².